The lowest BCUT2D eigenvalue weighted by Crippen LogP contribution is -2.27. The fourth-order valence-electron chi connectivity index (χ4n) is 1.68. The first-order valence-corrected chi connectivity index (χ1v) is 6.69. The van der Waals surface area contributed by atoms with Crippen LogP contribution < -0.4 is 10.2 Å². The summed E-state index contributed by atoms with van der Waals surface area (Å²) >= 11 is 1.73. The second-order valence-electron chi connectivity index (χ2n) is 5.23. The van der Waals surface area contributed by atoms with E-state index in [1.54, 1.807) is 11.3 Å². The number of hydrogen-bond donors (Lipinski definition) is 1. The second-order valence-corrected chi connectivity index (χ2v) is 6.19. The Labute approximate surface area is 101 Å². The number of aromatic nitrogens is 2. The zero-order valence-corrected chi connectivity index (χ0v) is 11.1. The van der Waals surface area contributed by atoms with Crippen molar-refractivity contribution in [3.05, 3.63) is 5.01 Å². The number of rotatable bonds is 1. The zero-order chi connectivity index (χ0) is 11.6. The molecule has 0 bridgehead atoms. The first kappa shape index (κ1) is 11.8. The summed E-state index contributed by atoms with van der Waals surface area (Å²) in [6.07, 6.45) is 1.18. The quantitative estimate of drug-likeness (QED) is 0.810. The molecule has 0 atom stereocenters. The normalized spacial score (nSPS) is 18.6. The standard InChI is InChI=1S/C11H20N4S/c1-11(2,3)9-13-14-10(16-9)15-7-4-5-12-6-8-15/h12H,4-8H2,1-3H3. The SMILES string of the molecule is CC(C)(C)c1nnc(N2CCCNCC2)s1. The Balaban J connectivity index is 2.11. The molecule has 1 aromatic heterocycles. The van der Waals surface area contributed by atoms with Crippen LogP contribution >= 0.6 is 11.3 Å². The van der Waals surface area contributed by atoms with Crippen molar-refractivity contribution in [2.45, 2.75) is 32.6 Å². The molecule has 0 aliphatic carbocycles. The first-order chi connectivity index (χ1) is 7.57. The van der Waals surface area contributed by atoms with Crippen LogP contribution in [-0.2, 0) is 5.41 Å². The van der Waals surface area contributed by atoms with Crippen LogP contribution in [0.3, 0.4) is 0 Å². The van der Waals surface area contributed by atoms with Gasteiger partial charge in [-0.15, -0.1) is 10.2 Å². The van der Waals surface area contributed by atoms with E-state index in [2.05, 4.69) is 41.2 Å². The molecule has 1 aliphatic rings. The van der Waals surface area contributed by atoms with Gasteiger partial charge in [0.2, 0.25) is 5.13 Å². The summed E-state index contributed by atoms with van der Waals surface area (Å²) in [5.41, 5.74) is 0.111. The lowest BCUT2D eigenvalue weighted by atomic mass is 9.98. The molecule has 0 spiro atoms. The van der Waals surface area contributed by atoms with Crippen LogP contribution in [0.25, 0.3) is 0 Å². The molecule has 1 aromatic rings. The highest BCUT2D eigenvalue weighted by Crippen LogP contribution is 2.29. The van der Waals surface area contributed by atoms with Crippen molar-refractivity contribution in [2.24, 2.45) is 0 Å². The third-order valence-corrected chi connectivity index (χ3v) is 4.08. The second kappa shape index (κ2) is 4.67. The highest BCUT2D eigenvalue weighted by Gasteiger charge is 2.21. The van der Waals surface area contributed by atoms with Crippen molar-refractivity contribution >= 4 is 16.5 Å². The van der Waals surface area contributed by atoms with Gasteiger partial charge in [-0.25, -0.2) is 0 Å². The molecule has 0 amide bonds. The lowest BCUT2D eigenvalue weighted by Gasteiger charge is -2.18. The summed E-state index contributed by atoms with van der Waals surface area (Å²) in [5.74, 6) is 0. The van der Waals surface area contributed by atoms with E-state index in [-0.39, 0.29) is 5.41 Å². The van der Waals surface area contributed by atoms with Crippen molar-refractivity contribution in [2.75, 3.05) is 31.1 Å². The van der Waals surface area contributed by atoms with Gasteiger partial charge in [-0.1, -0.05) is 32.1 Å². The van der Waals surface area contributed by atoms with Gasteiger partial charge in [0, 0.05) is 25.0 Å². The third-order valence-electron chi connectivity index (χ3n) is 2.67. The fraction of sp³-hybridized carbons (Fsp3) is 0.818. The molecule has 4 nitrogen and oxygen atoms in total. The van der Waals surface area contributed by atoms with Crippen LogP contribution in [0.1, 0.15) is 32.2 Å². The van der Waals surface area contributed by atoms with Gasteiger partial charge >= 0.3 is 0 Å². The Kier molecular flexibility index (Phi) is 3.44. The van der Waals surface area contributed by atoms with Crippen molar-refractivity contribution in [3.63, 3.8) is 0 Å². The maximum absolute atomic E-state index is 4.31. The minimum absolute atomic E-state index is 0.111. The monoisotopic (exact) mass is 240 g/mol. The molecule has 0 aromatic carbocycles. The van der Waals surface area contributed by atoms with Gasteiger partial charge < -0.3 is 10.2 Å². The Morgan fingerprint density at radius 1 is 1.19 bits per heavy atom. The molecule has 1 fully saturated rings. The molecule has 0 saturated carbocycles. The predicted molar refractivity (Wildman–Crippen MR) is 68.3 cm³/mol. The van der Waals surface area contributed by atoms with Crippen LogP contribution in [-0.4, -0.2) is 36.4 Å². The molecule has 0 radical (unpaired) electrons. The Morgan fingerprint density at radius 3 is 2.69 bits per heavy atom. The Bertz CT molecular complexity index is 334. The minimum Gasteiger partial charge on any atom is -0.345 e. The van der Waals surface area contributed by atoms with Gasteiger partial charge in [0.25, 0.3) is 0 Å². The van der Waals surface area contributed by atoms with Crippen LogP contribution in [0.4, 0.5) is 5.13 Å². The van der Waals surface area contributed by atoms with Gasteiger partial charge in [-0.05, 0) is 13.0 Å². The van der Waals surface area contributed by atoms with Crippen molar-refractivity contribution < 1.29 is 0 Å². The number of anilines is 1. The van der Waals surface area contributed by atoms with E-state index in [4.69, 9.17) is 0 Å². The maximum atomic E-state index is 4.31. The van der Waals surface area contributed by atoms with Crippen LogP contribution in [0.2, 0.25) is 0 Å². The smallest absolute Gasteiger partial charge is 0.208 e. The molecule has 2 heterocycles. The number of nitrogens with one attached hydrogen (secondary N) is 1. The van der Waals surface area contributed by atoms with Crippen LogP contribution in [0, 0.1) is 0 Å². The molecular weight excluding hydrogens is 220 g/mol. The minimum atomic E-state index is 0.111. The molecule has 5 heteroatoms. The van der Waals surface area contributed by atoms with Gasteiger partial charge in [0.1, 0.15) is 5.01 Å². The van der Waals surface area contributed by atoms with Crippen LogP contribution in [0.5, 0.6) is 0 Å². The van der Waals surface area contributed by atoms with Crippen LogP contribution in [0.15, 0.2) is 0 Å². The molecular formula is C11H20N4S. The third kappa shape index (κ3) is 2.71. The predicted octanol–water partition coefficient (Wildman–Crippen LogP) is 1.64. The van der Waals surface area contributed by atoms with Crippen molar-refractivity contribution in [3.8, 4) is 0 Å². The van der Waals surface area contributed by atoms with Gasteiger partial charge in [0.15, 0.2) is 0 Å². The maximum Gasteiger partial charge on any atom is 0.208 e. The largest absolute Gasteiger partial charge is 0.345 e. The average molecular weight is 240 g/mol. The topological polar surface area (TPSA) is 41.1 Å². The van der Waals surface area contributed by atoms with E-state index in [0.717, 1.165) is 36.3 Å². The van der Waals surface area contributed by atoms with Crippen molar-refractivity contribution in [1.29, 1.82) is 0 Å². The summed E-state index contributed by atoms with van der Waals surface area (Å²) in [5, 5.41) is 14.2. The fourth-order valence-corrected chi connectivity index (χ4v) is 2.64. The highest BCUT2D eigenvalue weighted by molar-refractivity contribution is 7.15. The molecule has 1 aliphatic heterocycles. The van der Waals surface area contributed by atoms with E-state index in [0.29, 0.717) is 0 Å². The van der Waals surface area contributed by atoms with E-state index in [9.17, 15) is 0 Å². The zero-order valence-electron chi connectivity index (χ0n) is 10.3. The average Bonchev–Trinajstić information content (AvgIpc) is 2.55. The first-order valence-electron chi connectivity index (χ1n) is 5.87. The Morgan fingerprint density at radius 2 is 2.00 bits per heavy atom. The Hall–Kier alpha value is -0.680. The number of nitrogens with zero attached hydrogens (tertiary/aromatic N) is 3. The molecule has 90 valence electrons. The van der Waals surface area contributed by atoms with E-state index in [1.807, 2.05) is 0 Å². The summed E-state index contributed by atoms with van der Waals surface area (Å²) in [7, 11) is 0. The molecule has 0 unspecified atom stereocenters. The van der Waals surface area contributed by atoms with E-state index < -0.39 is 0 Å². The summed E-state index contributed by atoms with van der Waals surface area (Å²) in [6.45, 7) is 10.8. The van der Waals surface area contributed by atoms with Gasteiger partial charge in [-0.3, -0.25) is 0 Å². The summed E-state index contributed by atoms with van der Waals surface area (Å²) in [6, 6.07) is 0. The molecule has 1 saturated heterocycles. The summed E-state index contributed by atoms with van der Waals surface area (Å²) < 4.78 is 0. The molecule has 2 rings (SSSR count). The number of hydrogen-bond acceptors (Lipinski definition) is 5. The van der Waals surface area contributed by atoms with Crippen molar-refractivity contribution in [1.82, 2.24) is 15.5 Å². The van der Waals surface area contributed by atoms with Gasteiger partial charge in [-0.2, -0.15) is 0 Å². The summed E-state index contributed by atoms with van der Waals surface area (Å²) in [4.78, 5) is 2.34. The highest BCUT2D eigenvalue weighted by atomic mass is 32.1. The van der Waals surface area contributed by atoms with E-state index >= 15 is 0 Å². The molecule has 1 N–H and O–H groups in total. The van der Waals surface area contributed by atoms with E-state index in [1.165, 1.54) is 6.42 Å². The molecule has 16 heavy (non-hydrogen) atoms. The van der Waals surface area contributed by atoms with Gasteiger partial charge in [0.05, 0.1) is 0 Å². The lowest BCUT2D eigenvalue weighted by molar-refractivity contribution is 0.578.